The molecule has 0 aromatic rings. The van der Waals surface area contributed by atoms with E-state index in [9.17, 15) is 4.79 Å². The van der Waals surface area contributed by atoms with E-state index >= 15 is 0 Å². The first kappa shape index (κ1) is 10.3. The molecule has 1 amide bonds. The summed E-state index contributed by atoms with van der Waals surface area (Å²) >= 11 is 0. The van der Waals surface area contributed by atoms with Crippen molar-refractivity contribution in [1.82, 2.24) is 5.32 Å². The number of amides is 1. The number of hydrogen-bond acceptors (Lipinski definition) is 1. The van der Waals surface area contributed by atoms with E-state index in [2.05, 4.69) is 19.2 Å². The topological polar surface area (TPSA) is 49.3 Å². The number of carboxylic acid groups (broad SMARTS) is 1. The van der Waals surface area contributed by atoms with Crippen LogP contribution in [0.5, 0.6) is 0 Å². The predicted molar refractivity (Wildman–Crippen MR) is 44.7 cm³/mol. The normalized spacial score (nSPS) is 12.5. The van der Waals surface area contributed by atoms with Crippen LogP contribution in [0.2, 0.25) is 0 Å². The van der Waals surface area contributed by atoms with Gasteiger partial charge in [-0.05, 0) is 12.3 Å². The van der Waals surface area contributed by atoms with E-state index in [1.165, 1.54) is 0 Å². The van der Waals surface area contributed by atoms with Crippen LogP contribution in [-0.2, 0) is 0 Å². The molecule has 0 saturated heterocycles. The minimum Gasteiger partial charge on any atom is -0.465 e. The van der Waals surface area contributed by atoms with Crippen molar-refractivity contribution in [2.45, 2.75) is 33.1 Å². The third kappa shape index (κ3) is 5.70. The maximum atomic E-state index is 10.1. The molecule has 2 N–H and O–H groups in total. The van der Waals surface area contributed by atoms with Gasteiger partial charge in [-0.15, -0.1) is 0 Å². The summed E-state index contributed by atoms with van der Waals surface area (Å²) < 4.78 is 0. The minimum absolute atomic E-state index is 0.510. The summed E-state index contributed by atoms with van der Waals surface area (Å²) in [6.45, 7) is 4.80. The second-order valence-corrected chi connectivity index (χ2v) is 2.75. The first-order chi connectivity index (χ1) is 5.20. The van der Waals surface area contributed by atoms with Crippen LogP contribution in [-0.4, -0.2) is 17.7 Å². The van der Waals surface area contributed by atoms with Crippen molar-refractivity contribution in [2.24, 2.45) is 5.92 Å². The standard InChI is InChI=1S/C8H17NO2/c1-3-5-7(4-2)6-9-8(10)11/h7,9H,3-6H2,1-2H3,(H,10,11). The molecule has 1 atom stereocenters. The van der Waals surface area contributed by atoms with Gasteiger partial charge < -0.3 is 10.4 Å². The summed E-state index contributed by atoms with van der Waals surface area (Å²) in [6.07, 6.45) is 2.37. The van der Waals surface area contributed by atoms with Crippen LogP contribution in [0, 0.1) is 5.92 Å². The Balaban J connectivity index is 3.43. The van der Waals surface area contributed by atoms with Gasteiger partial charge in [0.2, 0.25) is 0 Å². The molecule has 0 aromatic carbocycles. The van der Waals surface area contributed by atoms with Gasteiger partial charge in [-0.1, -0.05) is 26.7 Å². The molecule has 1 unspecified atom stereocenters. The number of nitrogens with one attached hydrogen (secondary N) is 1. The fourth-order valence-electron chi connectivity index (χ4n) is 1.09. The molecule has 0 aliphatic heterocycles. The van der Waals surface area contributed by atoms with Gasteiger partial charge in [-0.3, -0.25) is 0 Å². The fraction of sp³-hybridized carbons (Fsp3) is 0.875. The van der Waals surface area contributed by atoms with Crippen LogP contribution in [0.25, 0.3) is 0 Å². The number of rotatable bonds is 5. The van der Waals surface area contributed by atoms with E-state index in [-0.39, 0.29) is 0 Å². The molecule has 66 valence electrons. The summed E-state index contributed by atoms with van der Waals surface area (Å²) in [5.41, 5.74) is 0. The van der Waals surface area contributed by atoms with Gasteiger partial charge in [0.25, 0.3) is 0 Å². The van der Waals surface area contributed by atoms with Gasteiger partial charge in [0.05, 0.1) is 0 Å². The van der Waals surface area contributed by atoms with Crippen LogP contribution in [0.4, 0.5) is 4.79 Å². The lowest BCUT2D eigenvalue weighted by atomic mass is 10.0. The monoisotopic (exact) mass is 159 g/mol. The highest BCUT2D eigenvalue weighted by Crippen LogP contribution is 2.08. The zero-order valence-electron chi connectivity index (χ0n) is 7.26. The number of hydrogen-bond donors (Lipinski definition) is 2. The molecule has 0 radical (unpaired) electrons. The summed E-state index contributed by atoms with van der Waals surface area (Å²) in [5, 5.41) is 10.7. The van der Waals surface area contributed by atoms with E-state index in [1.54, 1.807) is 0 Å². The van der Waals surface area contributed by atoms with Gasteiger partial charge in [0.1, 0.15) is 0 Å². The molecule has 3 nitrogen and oxygen atoms in total. The van der Waals surface area contributed by atoms with Gasteiger partial charge in [-0.2, -0.15) is 0 Å². The lowest BCUT2D eigenvalue weighted by molar-refractivity contribution is 0.191. The SMILES string of the molecule is CCCC(CC)CNC(=O)O. The Hall–Kier alpha value is -0.730. The molecule has 0 aromatic heterocycles. The molecule has 0 aliphatic carbocycles. The van der Waals surface area contributed by atoms with E-state index in [4.69, 9.17) is 5.11 Å². The third-order valence-electron chi connectivity index (χ3n) is 1.82. The van der Waals surface area contributed by atoms with E-state index < -0.39 is 6.09 Å². The Bertz CT molecular complexity index is 115. The molecule has 0 fully saturated rings. The first-order valence-electron chi connectivity index (χ1n) is 4.17. The zero-order chi connectivity index (χ0) is 8.69. The highest BCUT2D eigenvalue weighted by molar-refractivity contribution is 5.64. The largest absolute Gasteiger partial charge is 0.465 e. The van der Waals surface area contributed by atoms with E-state index in [0.29, 0.717) is 12.5 Å². The Kier molecular flexibility index (Phi) is 5.61. The lowest BCUT2D eigenvalue weighted by Crippen LogP contribution is -2.27. The average Bonchev–Trinajstić information content (AvgIpc) is 1.97. The average molecular weight is 159 g/mol. The maximum Gasteiger partial charge on any atom is 0.404 e. The molecule has 0 bridgehead atoms. The van der Waals surface area contributed by atoms with Crippen molar-refractivity contribution in [3.63, 3.8) is 0 Å². The summed E-state index contributed by atoms with van der Waals surface area (Å²) in [4.78, 5) is 10.1. The molecule has 3 heteroatoms. The second-order valence-electron chi connectivity index (χ2n) is 2.75. The predicted octanol–water partition coefficient (Wildman–Crippen LogP) is 2.08. The highest BCUT2D eigenvalue weighted by atomic mass is 16.4. The third-order valence-corrected chi connectivity index (χ3v) is 1.82. The van der Waals surface area contributed by atoms with Gasteiger partial charge >= 0.3 is 6.09 Å². The Morgan fingerprint density at radius 1 is 1.55 bits per heavy atom. The second kappa shape index (κ2) is 6.01. The summed E-state index contributed by atoms with van der Waals surface area (Å²) in [5.74, 6) is 0.510. The van der Waals surface area contributed by atoms with Crippen molar-refractivity contribution < 1.29 is 9.90 Å². The molecule has 0 aliphatic rings. The van der Waals surface area contributed by atoms with E-state index in [1.807, 2.05) is 0 Å². The van der Waals surface area contributed by atoms with Crippen LogP contribution >= 0.6 is 0 Å². The van der Waals surface area contributed by atoms with Gasteiger partial charge in [-0.25, -0.2) is 4.79 Å². The van der Waals surface area contributed by atoms with Crippen molar-refractivity contribution >= 4 is 6.09 Å². The number of carbonyl (C=O) groups is 1. The lowest BCUT2D eigenvalue weighted by Gasteiger charge is -2.12. The quantitative estimate of drug-likeness (QED) is 0.645. The first-order valence-corrected chi connectivity index (χ1v) is 4.17. The molecule has 0 rings (SSSR count). The van der Waals surface area contributed by atoms with Gasteiger partial charge in [0, 0.05) is 6.54 Å². The van der Waals surface area contributed by atoms with E-state index in [0.717, 1.165) is 19.3 Å². The van der Waals surface area contributed by atoms with Crippen LogP contribution in [0.15, 0.2) is 0 Å². The Morgan fingerprint density at radius 2 is 2.18 bits per heavy atom. The maximum absolute atomic E-state index is 10.1. The smallest absolute Gasteiger partial charge is 0.404 e. The van der Waals surface area contributed by atoms with Crippen molar-refractivity contribution in [3.05, 3.63) is 0 Å². The molecule has 11 heavy (non-hydrogen) atoms. The van der Waals surface area contributed by atoms with Gasteiger partial charge in [0.15, 0.2) is 0 Å². The minimum atomic E-state index is -0.917. The molecule has 0 spiro atoms. The molecular weight excluding hydrogens is 142 g/mol. The highest BCUT2D eigenvalue weighted by Gasteiger charge is 2.05. The van der Waals surface area contributed by atoms with Crippen LogP contribution < -0.4 is 5.32 Å². The summed E-state index contributed by atoms with van der Waals surface area (Å²) in [7, 11) is 0. The Labute approximate surface area is 67.8 Å². The van der Waals surface area contributed by atoms with Crippen LogP contribution in [0.1, 0.15) is 33.1 Å². The van der Waals surface area contributed by atoms with Crippen molar-refractivity contribution in [2.75, 3.05) is 6.54 Å². The summed E-state index contributed by atoms with van der Waals surface area (Å²) in [6, 6.07) is 0. The van der Waals surface area contributed by atoms with Crippen LogP contribution in [0.3, 0.4) is 0 Å². The molecule has 0 heterocycles. The fourth-order valence-corrected chi connectivity index (χ4v) is 1.09. The molecule has 0 saturated carbocycles. The molecular formula is C8H17NO2. The van der Waals surface area contributed by atoms with Crippen molar-refractivity contribution in [1.29, 1.82) is 0 Å². The van der Waals surface area contributed by atoms with Crippen molar-refractivity contribution in [3.8, 4) is 0 Å². The zero-order valence-corrected chi connectivity index (χ0v) is 7.26. The Morgan fingerprint density at radius 3 is 2.55 bits per heavy atom.